The van der Waals surface area contributed by atoms with Crippen molar-refractivity contribution in [3.8, 4) is 102 Å². The van der Waals surface area contributed by atoms with E-state index in [1.807, 2.05) is 84.0 Å². The first-order valence-corrected chi connectivity index (χ1v) is 41.1. The summed E-state index contributed by atoms with van der Waals surface area (Å²) in [6.07, 6.45) is 13.6. The summed E-state index contributed by atoms with van der Waals surface area (Å²) < 4.78 is 36.8. The third-order valence-electron chi connectivity index (χ3n) is 23.3. The largest absolute Gasteiger partial charge is 0.507 e. The highest BCUT2D eigenvalue weighted by Gasteiger charge is 2.48. The van der Waals surface area contributed by atoms with Gasteiger partial charge in [0, 0.05) is 27.8 Å². The molecule has 15 rings (SSSR count). The van der Waals surface area contributed by atoms with Crippen LogP contribution in [0.25, 0.3) is 50.1 Å². The number of carboxylic acid groups (broad SMARTS) is 1. The molecule has 606 valence electrons. The lowest BCUT2D eigenvalue weighted by Gasteiger charge is -2.45. The van der Waals surface area contributed by atoms with Crippen molar-refractivity contribution in [1.29, 1.82) is 0 Å². The molecule has 2 atom stereocenters. The van der Waals surface area contributed by atoms with Crippen LogP contribution in [-0.2, 0) is 48.1 Å². The highest BCUT2D eigenvalue weighted by molar-refractivity contribution is 5.98. The number of aromatic hydroxyl groups is 4. The minimum Gasteiger partial charge on any atom is -0.507 e. The third kappa shape index (κ3) is 17.5. The molecule has 0 saturated heterocycles. The molecule has 0 bridgehead atoms. The number of phenols is 4. The topological polar surface area (TPSA) is 214 Å². The monoisotopic (exact) mass is 1550 g/mol. The molecule has 0 unspecified atom stereocenters. The van der Waals surface area contributed by atoms with E-state index in [2.05, 4.69) is 157 Å². The van der Waals surface area contributed by atoms with Gasteiger partial charge in [0.2, 0.25) is 0 Å². The Morgan fingerprint density at radius 2 is 0.789 bits per heavy atom. The van der Waals surface area contributed by atoms with Crippen LogP contribution in [0.4, 0.5) is 0 Å². The highest BCUT2D eigenvalue weighted by Crippen LogP contribution is 2.57. The van der Waals surface area contributed by atoms with E-state index in [1.54, 1.807) is 32.2 Å². The van der Waals surface area contributed by atoms with Crippen molar-refractivity contribution in [3.63, 3.8) is 0 Å². The summed E-state index contributed by atoms with van der Waals surface area (Å²) >= 11 is 0. The summed E-state index contributed by atoms with van der Waals surface area (Å²) in [5.74, 6) is 4.01. The summed E-state index contributed by atoms with van der Waals surface area (Å²) in [5, 5.41) is 73.3. The third-order valence-corrected chi connectivity index (χ3v) is 23.3. The van der Waals surface area contributed by atoms with Crippen LogP contribution in [-0.4, -0.2) is 66.1 Å². The van der Waals surface area contributed by atoms with E-state index in [1.165, 1.54) is 52.6 Å². The smallest absolute Gasteiger partial charge is 0.339 e. The standard InChI is InChI=1S/C22H26O4.C22H28O2.C21H30O4.C18H20O2.C17H18O2/c1-5-6-7-8-14-12-17-19(20(23)18(14)21(24)25)15-11-13(2)9-10-16(15)22(3,4)26-17;1-6-7-8-9-16-13-19(23-5)21-17-12-15(2)10-11-18(17)22(3,4)24-20(21)14-16;1-5-6-7-8-13-11-15(22)18-16(12-13)25-20(2,3)14-9-10-21(4,24)19(23)17(14)18;1-5-12-9-15(19)17-13-8-11(2)6-7-14(13)18(3,4)20-16(17)10-12;1-10-5-6-13-12(7-10)16-14(18)8-11(2)9-15(16)19-17(13,3)4/h9-12,23H,5-8H2,1-4H3,(H,24,25);10-14H,6-9H2,1-5H3;11-12,19,22-24H,5-10H2,1-4H3;6-10,19H,5H2,1-4H3;5-9,18H,1-4H3/t;;19-,21-;;/m..1../s1. The zero-order chi connectivity index (χ0) is 83.1. The molecule has 0 spiro atoms. The van der Waals surface area contributed by atoms with Gasteiger partial charge in [0.25, 0.3) is 0 Å². The number of ether oxygens (including phenoxy) is 6. The zero-order valence-electron chi connectivity index (χ0n) is 71.3. The van der Waals surface area contributed by atoms with Gasteiger partial charge in [0.15, 0.2) is 0 Å². The molecule has 0 radical (unpaired) electrons. The average molecular weight is 1550 g/mol. The first kappa shape index (κ1) is 85.0. The maximum absolute atomic E-state index is 11.9. The molecule has 6 aliphatic rings. The van der Waals surface area contributed by atoms with Gasteiger partial charge in [-0.25, -0.2) is 4.79 Å². The minimum absolute atomic E-state index is 0.00406. The molecule has 0 saturated carbocycles. The van der Waals surface area contributed by atoms with E-state index in [-0.39, 0.29) is 39.6 Å². The highest BCUT2D eigenvalue weighted by atomic mass is 16.5. The molecule has 14 heteroatoms. The Balaban J connectivity index is 0.000000141. The van der Waals surface area contributed by atoms with Crippen molar-refractivity contribution < 1.29 is 69.0 Å². The van der Waals surface area contributed by atoms with Crippen LogP contribution in [0.1, 0.15) is 263 Å². The number of hydrogen-bond acceptors (Lipinski definition) is 13. The lowest BCUT2D eigenvalue weighted by atomic mass is 9.70. The Morgan fingerprint density at radius 1 is 0.421 bits per heavy atom. The Morgan fingerprint density at radius 3 is 1.24 bits per heavy atom. The average Bonchev–Trinajstić information content (AvgIpc) is 0.738. The van der Waals surface area contributed by atoms with Gasteiger partial charge in [-0.2, -0.15) is 0 Å². The molecule has 5 heterocycles. The van der Waals surface area contributed by atoms with Gasteiger partial charge in [-0.1, -0.05) is 161 Å². The van der Waals surface area contributed by atoms with Crippen LogP contribution in [0.15, 0.2) is 133 Å². The van der Waals surface area contributed by atoms with Crippen LogP contribution < -0.4 is 28.4 Å². The number of aliphatic hydroxyl groups excluding tert-OH is 1. The molecule has 7 N–H and O–H groups in total. The number of unbranched alkanes of at least 4 members (excludes halogenated alkanes) is 6. The van der Waals surface area contributed by atoms with E-state index in [4.69, 9.17) is 28.4 Å². The predicted octanol–water partition coefficient (Wildman–Crippen LogP) is 24.3. The van der Waals surface area contributed by atoms with E-state index >= 15 is 0 Å². The fraction of sp³-hybridized carbons (Fsp3) is 0.430. The molecule has 14 nitrogen and oxygen atoms in total. The molecule has 0 aromatic heterocycles. The molecule has 1 aliphatic carbocycles. The van der Waals surface area contributed by atoms with Crippen molar-refractivity contribution >= 4 is 11.5 Å². The summed E-state index contributed by atoms with van der Waals surface area (Å²) in [6, 6.07) is 42.8. The van der Waals surface area contributed by atoms with Gasteiger partial charge in [-0.05, 0) is 279 Å². The second-order valence-electron chi connectivity index (χ2n) is 34.9. The lowest BCUT2D eigenvalue weighted by molar-refractivity contribution is -0.0477. The first-order chi connectivity index (χ1) is 53.7. The predicted molar refractivity (Wildman–Crippen MR) is 459 cm³/mol. The number of fused-ring (bicyclic) bond motifs is 14. The number of aromatic carboxylic acids is 1. The molecule has 0 fully saturated rings. The Bertz CT molecular complexity index is 5140. The van der Waals surface area contributed by atoms with Crippen LogP contribution in [0, 0.1) is 34.6 Å². The van der Waals surface area contributed by atoms with Crippen LogP contribution in [0.2, 0.25) is 0 Å². The van der Waals surface area contributed by atoms with Crippen LogP contribution >= 0.6 is 0 Å². The van der Waals surface area contributed by atoms with Crippen LogP contribution in [0.3, 0.4) is 0 Å². The minimum atomic E-state index is -1.20. The summed E-state index contributed by atoms with van der Waals surface area (Å²) in [6.45, 7) is 40.9. The number of hydrogen-bond donors (Lipinski definition) is 7. The van der Waals surface area contributed by atoms with Crippen LogP contribution in [0.5, 0.6) is 57.5 Å². The summed E-state index contributed by atoms with van der Waals surface area (Å²) in [4.78, 5) is 11.9. The van der Waals surface area contributed by atoms with Crippen molar-refractivity contribution in [3.05, 3.63) is 216 Å². The molecular weight excluding hydrogens is 1430 g/mol. The number of phenolic OH excluding ortho intramolecular Hbond substituents is 3. The molecule has 9 aromatic carbocycles. The number of benzene rings is 9. The number of carbonyl (C=O) groups is 1. The SMILES string of the molecule is CCCCCc1cc(O)c2c(c1)OC(C)(C)C1=C2[C@@H](O)[C@](C)(O)CC1.CCCCCc1cc(OC)c2c(c1)OC(C)(C)c1ccc(C)cc1-2.CCCCCc1cc2c(c(O)c1C(=O)O)-c1cc(C)ccc1C(C)(C)O2.CCc1cc(O)c2c(c1)OC(C)(C)c1ccc(C)cc1-2.Cc1cc(O)c2c(c1)OC(C)(C)c1ccc(C)cc1-2. The zero-order valence-corrected chi connectivity index (χ0v) is 71.3. The lowest BCUT2D eigenvalue weighted by Crippen LogP contribution is -2.48. The number of rotatable bonds is 15. The Kier molecular flexibility index (Phi) is 25.0. The van der Waals surface area contributed by atoms with Crippen molar-refractivity contribution in [2.45, 2.75) is 274 Å². The first-order valence-electron chi connectivity index (χ1n) is 41.1. The van der Waals surface area contributed by atoms with E-state index in [0.29, 0.717) is 58.8 Å². The second-order valence-corrected chi connectivity index (χ2v) is 34.9. The molecular formula is C100H122O14. The summed E-state index contributed by atoms with van der Waals surface area (Å²) in [7, 11) is 1.75. The maximum atomic E-state index is 11.9. The van der Waals surface area contributed by atoms with Crippen molar-refractivity contribution in [2.24, 2.45) is 0 Å². The number of carboxylic acids is 1. The molecule has 9 aromatic rings. The number of aryl methyl sites for hydroxylation is 9. The Labute approximate surface area is 676 Å². The molecule has 114 heavy (non-hydrogen) atoms. The van der Waals surface area contributed by atoms with Gasteiger partial charge in [0.05, 0.1) is 40.5 Å². The van der Waals surface area contributed by atoms with Crippen molar-refractivity contribution in [2.75, 3.05) is 7.11 Å². The quantitative estimate of drug-likeness (QED) is 0.0476. The van der Waals surface area contributed by atoms with E-state index < -0.39 is 28.9 Å². The molecule has 5 aliphatic heterocycles. The fourth-order valence-corrected chi connectivity index (χ4v) is 17.2. The fourth-order valence-electron chi connectivity index (χ4n) is 17.2. The van der Waals surface area contributed by atoms with Gasteiger partial charge >= 0.3 is 5.97 Å². The van der Waals surface area contributed by atoms with E-state index in [9.17, 15) is 40.5 Å². The van der Waals surface area contributed by atoms with E-state index in [0.717, 1.165) is 159 Å². The van der Waals surface area contributed by atoms with Gasteiger partial charge in [0.1, 0.15) is 97.2 Å². The van der Waals surface area contributed by atoms with Crippen molar-refractivity contribution in [1.82, 2.24) is 0 Å². The van der Waals surface area contributed by atoms with Gasteiger partial charge in [-0.3, -0.25) is 0 Å². The molecule has 0 amide bonds. The summed E-state index contributed by atoms with van der Waals surface area (Å²) in [5.41, 5.74) is 20.3. The number of aliphatic hydroxyl groups is 2. The van der Waals surface area contributed by atoms with Gasteiger partial charge in [-0.15, -0.1) is 0 Å². The second kappa shape index (κ2) is 33.5. The number of methoxy groups -OCH3 is 1. The Hall–Kier alpha value is -9.89. The van der Waals surface area contributed by atoms with Gasteiger partial charge < -0.3 is 64.2 Å². The maximum Gasteiger partial charge on any atom is 0.339 e. The normalized spacial score (nSPS) is 17.6.